The van der Waals surface area contributed by atoms with E-state index in [-0.39, 0.29) is 28.3 Å². The van der Waals surface area contributed by atoms with E-state index < -0.39 is 0 Å². The van der Waals surface area contributed by atoms with Crippen molar-refractivity contribution in [1.29, 1.82) is 0 Å². The Morgan fingerprint density at radius 2 is 2.00 bits per heavy atom. The van der Waals surface area contributed by atoms with E-state index >= 15 is 0 Å². The Balaban J connectivity index is 1.77. The summed E-state index contributed by atoms with van der Waals surface area (Å²) in [6, 6.07) is 7.26. The lowest BCUT2D eigenvalue weighted by atomic mass is 9.97. The van der Waals surface area contributed by atoms with Crippen LogP contribution < -0.4 is 11.2 Å². The van der Waals surface area contributed by atoms with Crippen molar-refractivity contribution in [2.24, 2.45) is 5.92 Å². The second-order valence-corrected chi connectivity index (χ2v) is 7.28. The Morgan fingerprint density at radius 1 is 1.23 bits per heavy atom. The lowest BCUT2D eigenvalue weighted by Crippen LogP contribution is -2.09. The number of hydrogen-bond acceptors (Lipinski definition) is 5. The van der Waals surface area contributed by atoms with Gasteiger partial charge >= 0.3 is 0 Å². The molecule has 0 bridgehead atoms. The molecule has 0 unspecified atom stereocenters. The molecule has 0 spiro atoms. The largest absolute Gasteiger partial charge is 0.437 e. The van der Waals surface area contributed by atoms with Gasteiger partial charge in [0.1, 0.15) is 11.4 Å². The first-order valence-corrected chi connectivity index (χ1v) is 9.20. The number of hydrogen-bond donors (Lipinski definition) is 1. The summed E-state index contributed by atoms with van der Waals surface area (Å²) in [5.41, 5.74) is 7.70. The van der Waals surface area contributed by atoms with Crippen LogP contribution >= 0.6 is 0 Å². The molecule has 3 aromatic rings. The maximum Gasteiger partial charge on any atom is 0.232 e. The number of pyridine rings is 1. The molecule has 0 radical (unpaired) electrons. The van der Waals surface area contributed by atoms with E-state index in [1.54, 1.807) is 0 Å². The monoisotopic (exact) mass is 350 g/mol. The number of fused-ring (bicyclic) bond motifs is 2. The molecule has 0 saturated heterocycles. The molecule has 1 saturated carbocycles. The molecule has 1 fully saturated rings. The Bertz CT molecular complexity index is 1060. The molecule has 5 nitrogen and oxygen atoms in total. The van der Waals surface area contributed by atoms with Gasteiger partial charge < -0.3 is 10.2 Å². The summed E-state index contributed by atoms with van der Waals surface area (Å²) in [6.45, 7) is 1.41. The summed E-state index contributed by atoms with van der Waals surface area (Å²) in [4.78, 5) is 28.7. The molecular weight excluding hydrogens is 328 g/mol. The number of nitrogen functional groups attached to an aromatic ring is 1. The number of benzene rings is 1. The predicted octanol–water partition coefficient (Wildman–Crippen LogP) is 4.25. The quantitative estimate of drug-likeness (QED) is 0.561. The Labute approximate surface area is 151 Å². The molecule has 2 aromatic heterocycles. The fourth-order valence-electron chi connectivity index (χ4n) is 3.95. The van der Waals surface area contributed by atoms with Crippen molar-refractivity contribution in [1.82, 2.24) is 4.98 Å². The van der Waals surface area contributed by atoms with Gasteiger partial charge in [-0.2, -0.15) is 4.98 Å². The van der Waals surface area contributed by atoms with Crippen molar-refractivity contribution in [3.63, 3.8) is 0 Å². The number of anilines is 1. The topological polar surface area (TPSA) is 86.2 Å². The number of carbonyl (C=O) groups is 1. The summed E-state index contributed by atoms with van der Waals surface area (Å²) in [5.74, 6) is 0.673. The average molecular weight is 350 g/mol. The van der Waals surface area contributed by atoms with Gasteiger partial charge in [-0.15, -0.1) is 0 Å². The molecule has 1 aromatic carbocycles. The maximum absolute atomic E-state index is 12.9. The average Bonchev–Trinajstić information content (AvgIpc) is 3.13. The summed E-state index contributed by atoms with van der Waals surface area (Å²) >= 11 is 0. The summed E-state index contributed by atoms with van der Waals surface area (Å²) < 4.78 is 5.77. The van der Waals surface area contributed by atoms with Gasteiger partial charge in [-0.3, -0.25) is 9.59 Å². The minimum atomic E-state index is -0.221. The third-order valence-corrected chi connectivity index (χ3v) is 5.45. The van der Waals surface area contributed by atoms with Crippen LogP contribution in [0.3, 0.4) is 0 Å². The first-order chi connectivity index (χ1) is 12.5. The highest BCUT2D eigenvalue weighted by Crippen LogP contribution is 2.29. The van der Waals surface area contributed by atoms with Crippen LogP contribution in [0.2, 0.25) is 0 Å². The molecule has 0 atom stereocenters. The van der Waals surface area contributed by atoms with Gasteiger partial charge in [0.2, 0.25) is 11.1 Å². The number of rotatable bonds is 4. The van der Waals surface area contributed by atoms with Crippen LogP contribution in [0.5, 0.6) is 0 Å². The molecule has 2 heterocycles. The molecule has 26 heavy (non-hydrogen) atoms. The van der Waals surface area contributed by atoms with Crippen LogP contribution in [0.25, 0.3) is 22.1 Å². The van der Waals surface area contributed by atoms with E-state index in [1.807, 2.05) is 18.2 Å². The second kappa shape index (κ2) is 6.56. The highest BCUT2D eigenvalue weighted by atomic mass is 16.3. The number of aromatic nitrogens is 1. The van der Waals surface area contributed by atoms with Crippen LogP contribution in [0, 0.1) is 5.92 Å². The summed E-state index contributed by atoms with van der Waals surface area (Å²) in [7, 11) is 0. The van der Waals surface area contributed by atoms with Crippen LogP contribution in [0.1, 0.15) is 54.9 Å². The van der Waals surface area contributed by atoms with Crippen LogP contribution in [0.15, 0.2) is 33.5 Å². The minimum Gasteiger partial charge on any atom is -0.437 e. The smallest absolute Gasteiger partial charge is 0.232 e. The van der Waals surface area contributed by atoms with Gasteiger partial charge in [0.05, 0.1) is 16.3 Å². The molecule has 2 N–H and O–H groups in total. The molecule has 1 aliphatic carbocycles. The highest BCUT2D eigenvalue weighted by Gasteiger charge is 2.16. The van der Waals surface area contributed by atoms with E-state index in [4.69, 9.17) is 10.2 Å². The lowest BCUT2D eigenvalue weighted by Gasteiger charge is -2.09. The van der Waals surface area contributed by atoms with Gasteiger partial charge in [-0.25, -0.2) is 0 Å². The maximum atomic E-state index is 12.9. The SMILES string of the molecule is CC(=O)c1cc2c(=O)c3cc(CCC4CCCC4)ccc3oc2nc1N. The Morgan fingerprint density at radius 3 is 2.73 bits per heavy atom. The lowest BCUT2D eigenvalue weighted by molar-refractivity contribution is 0.101. The second-order valence-electron chi connectivity index (χ2n) is 7.28. The van der Waals surface area contributed by atoms with Crippen LogP contribution in [0.4, 0.5) is 5.82 Å². The van der Waals surface area contributed by atoms with Gasteiger partial charge in [0.25, 0.3) is 0 Å². The molecule has 5 heteroatoms. The zero-order valence-corrected chi connectivity index (χ0v) is 14.9. The van der Waals surface area contributed by atoms with Crippen molar-refractivity contribution in [3.8, 4) is 0 Å². The van der Waals surface area contributed by atoms with E-state index in [2.05, 4.69) is 4.98 Å². The highest BCUT2D eigenvalue weighted by molar-refractivity contribution is 6.02. The summed E-state index contributed by atoms with van der Waals surface area (Å²) in [5, 5.41) is 0.826. The van der Waals surface area contributed by atoms with E-state index in [9.17, 15) is 9.59 Å². The van der Waals surface area contributed by atoms with Crippen LogP contribution in [-0.4, -0.2) is 10.8 Å². The number of carbonyl (C=O) groups excluding carboxylic acids is 1. The van der Waals surface area contributed by atoms with Crippen LogP contribution in [-0.2, 0) is 6.42 Å². The third-order valence-electron chi connectivity index (χ3n) is 5.45. The van der Waals surface area contributed by atoms with Gasteiger partial charge in [0, 0.05) is 0 Å². The van der Waals surface area contributed by atoms with Gasteiger partial charge in [-0.1, -0.05) is 31.7 Å². The normalized spacial score (nSPS) is 15.1. The fourth-order valence-corrected chi connectivity index (χ4v) is 3.95. The first kappa shape index (κ1) is 16.8. The zero-order chi connectivity index (χ0) is 18.3. The van der Waals surface area contributed by atoms with Crippen molar-refractivity contribution in [2.45, 2.75) is 45.4 Å². The molecule has 134 valence electrons. The first-order valence-electron chi connectivity index (χ1n) is 9.20. The predicted molar refractivity (Wildman–Crippen MR) is 102 cm³/mol. The van der Waals surface area contributed by atoms with Crippen molar-refractivity contribution in [3.05, 3.63) is 45.6 Å². The molecular formula is C21H22N2O3. The zero-order valence-electron chi connectivity index (χ0n) is 14.9. The molecule has 4 rings (SSSR count). The number of nitrogens with zero attached hydrogens (tertiary/aromatic N) is 1. The Kier molecular flexibility index (Phi) is 4.23. The van der Waals surface area contributed by atoms with Gasteiger partial charge in [-0.05, 0) is 49.4 Å². The van der Waals surface area contributed by atoms with E-state index in [0.717, 1.165) is 24.3 Å². The number of Topliss-reactive ketones (excluding diaryl/α,β-unsaturated/α-hetero) is 1. The van der Waals surface area contributed by atoms with Crippen molar-refractivity contribution >= 4 is 33.7 Å². The van der Waals surface area contributed by atoms with Crippen molar-refractivity contribution < 1.29 is 9.21 Å². The number of ketones is 1. The summed E-state index contributed by atoms with van der Waals surface area (Å²) in [6.07, 6.45) is 7.45. The molecule has 0 aliphatic heterocycles. The third kappa shape index (κ3) is 2.98. The molecule has 0 amide bonds. The molecule has 1 aliphatic rings. The number of aryl methyl sites for hydroxylation is 1. The fraction of sp³-hybridized carbons (Fsp3) is 0.381. The Hall–Kier alpha value is -2.69. The van der Waals surface area contributed by atoms with Crippen molar-refractivity contribution in [2.75, 3.05) is 5.73 Å². The van der Waals surface area contributed by atoms with Gasteiger partial charge in [0.15, 0.2) is 5.78 Å². The van der Waals surface area contributed by atoms with E-state index in [0.29, 0.717) is 16.4 Å². The number of nitrogens with two attached hydrogens (primary N) is 1. The van der Waals surface area contributed by atoms with E-state index in [1.165, 1.54) is 38.7 Å². The minimum absolute atomic E-state index is 0.0840. The standard InChI is InChI=1S/C21H22N2O3/c1-12(24)15-11-17-19(25)16-10-14(7-6-13-4-2-3-5-13)8-9-18(16)26-21(17)23-20(15)22/h8-11,13H,2-7H2,1H3,(H2,22,23).